The predicted octanol–water partition coefficient (Wildman–Crippen LogP) is 2.51. The molecule has 108 valence electrons. The Balaban J connectivity index is 2.48. The van der Waals surface area contributed by atoms with E-state index in [4.69, 9.17) is 4.74 Å². The van der Waals surface area contributed by atoms with Crippen LogP contribution >= 0.6 is 0 Å². The highest BCUT2D eigenvalue weighted by atomic mass is 16.5. The molecule has 0 radical (unpaired) electrons. The summed E-state index contributed by atoms with van der Waals surface area (Å²) >= 11 is 0. The van der Waals surface area contributed by atoms with Gasteiger partial charge in [0.25, 0.3) is 0 Å². The molecule has 2 unspecified atom stereocenters. The Morgan fingerprint density at radius 2 is 2.17 bits per heavy atom. The molecule has 0 amide bonds. The van der Waals surface area contributed by atoms with E-state index in [1.807, 2.05) is 0 Å². The van der Waals surface area contributed by atoms with E-state index >= 15 is 0 Å². The number of hydrogen-bond acceptors (Lipinski definition) is 3. The zero-order valence-electron chi connectivity index (χ0n) is 13.0. The molecule has 0 aromatic rings. The molecule has 2 atom stereocenters. The summed E-state index contributed by atoms with van der Waals surface area (Å²) in [6.45, 7) is 13.3. The fourth-order valence-corrected chi connectivity index (χ4v) is 2.88. The molecule has 3 nitrogen and oxygen atoms in total. The van der Waals surface area contributed by atoms with Gasteiger partial charge in [0.1, 0.15) is 0 Å². The second kappa shape index (κ2) is 7.46. The maximum absolute atomic E-state index is 5.49. The third-order valence-electron chi connectivity index (χ3n) is 3.95. The molecule has 0 saturated carbocycles. The van der Waals surface area contributed by atoms with Crippen molar-refractivity contribution in [1.82, 2.24) is 10.2 Å². The molecule has 0 aromatic carbocycles. The van der Waals surface area contributed by atoms with Gasteiger partial charge in [0, 0.05) is 31.8 Å². The fourth-order valence-electron chi connectivity index (χ4n) is 2.88. The molecule has 1 aliphatic rings. The van der Waals surface area contributed by atoms with Gasteiger partial charge in [-0.3, -0.25) is 0 Å². The van der Waals surface area contributed by atoms with Crippen molar-refractivity contribution in [2.75, 3.05) is 33.4 Å². The standard InChI is InChI=1S/C15H32N2O/c1-6-8-15(4,11-16-13(2)3)12-17(5)14-7-9-18-10-14/h13-14,16H,6-12H2,1-5H3. The summed E-state index contributed by atoms with van der Waals surface area (Å²) in [5.74, 6) is 0. The van der Waals surface area contributed by atoms with E-state index in [-0.39, 0.29) is 0 Å². The van der Waals surface area contributed by atoms with Crippen LogP contribution in [0.15, 0.2) is 0 Å². The van der Waals surface area contributed by atoms with Gasteiger partial charge in [-0.05, 0) is 25.3 Å². The van der Waals surface area contributed by atoms with Gasteiger partial charge in [-0.1, -0.05) is 34.1 Å². The van der Waals surface area contributed by atoms with Crippen molar-refractivity contribution >= 4 is 0 Å². The highest BCUT2D eigenvalue weighted by Crippen LogP contribution is 2.25. The zero-order chi connectivity index (χ0) is 13.6. The van der Waals surface area contributed by atoms with E-state index in [0.717, 1.165) is 26.3 Å². The Morgan fingerprint density at radius 1 is 1.44 bits per heavy atom. The predicted molar refractivity (Wildman–Crippen MR) is 78.0 cm³/mol. The van der Waals surface area contributed by atoms with Gasteiger partial charge in [0.2, 0.25) is 0 Å². The molecule has 0 bridgehead atoms. The lowest BCUT2D eigenvalue weighted by molar-refractivity contribution is 0.114. The Hall–Kier alpha value is -0.120. The Kier molecular flexibility index (Phi) is 6.61. The highest BCUT2D eigenvalue weighted by molar-refractivity contribution is 4.84. The summed E-state index contributed by atoms with van der Waals surface area (Å²) in [5, 5.41) is 3.61. The van der Waals surface area contributed by atoms with Crippen LogP contribution in [0.1, 0.15) is 47.0 Å². The maximum Gasteiger partial charge on any atom is 0.0622 e. The van der Waals surface area contributed by atoms with Gasteiger partial charge < -0.3 is 15.0 Å². The van der Waals surface area contributed by atoms with E-state index in [1.165, 1.54) is 19.3 Å². The van der Waals surface area contributed by atoms with Gasteiger partial charge in [-0.25, -0.2) is 0 Å². The molecule has 0 spiro atoms. The molecule has 0 aliphatic carbocycles. The van der Waals surface area contributed by atoms with Crippen molar-refractivity contribution in [3.05, 3.63) is 0 Å². The Bertz CT molecular complexity index is 227. The third kappa shape index (κ3) is 5.25. The third-order valence-corrected chi connectivity index (χ3v) is 3.95. The molecule has 1 rings (SSSR count). The first-order chi connectivity index (χ1) is 8.47. The smallest absolute Gasteiger partial charge is 0.0622 e. The molecule has 18 heavy (non-hydrogen) atoms. The Labute approximate surface area is 113 Å². The van der Waals surface area contributed by atoms with Crippen LogP contribution in [0.5, 0.6) is 0 Å². The molecule has 3 heteroatoms. The van der Waals surface area contributed by atoms with Gasteiger partial charge in [-0.2, -0.15) is 0 Å². The van der Waals surface area contributed by atoms with Gasteiger partial charge in [0.05, 0.1) is 6.61 Å². The summed E-state index contributed by atoms with van der Waals surface area (Å²) in [7, 11) is 2.25. The van der Waals surface area contributed by atoms with Crippen molar-refractivity contribution in [2.45, 2.75) is 59.0 Å². The van der Waals surface area contributed by atoms with Crippen LogP contribution in [0.25, 0.3) is 0 Å². The number of ether oxygens (including phenoxy) is 1. The van der Waals surface area contributed by atoms with Crippen LogP contribution in [0.4, 0.5) is 0 Å². The first-order valence-corrected chi connectivity index (χ1v) is 7.48. The van der Waals surface area contributed by atoms with Crippen LogP contribution in [-0.4, -0.2) is 50.3 Å². The van der Waals surface area contributed by atoms with Crippen LogP contribution in [0.3, 0.4) is 0 Å². The van der Waals surface area contributed by atoms with Gasteiger partial charge in [-0.15, -0.1) is 0 Å². The van der Waals surface area contributed by atoms with E-state index in [9.17, 15) is 0 Å². The quantitative estimate of drug-likeness (QED) is 0.722. The number of likely N-dealkylation sites (N-methyl/N-ethyl adjacent to an activating group) is 1. The summed E-state index contributed by atoms with van der Waals surface area (Å²) in [6.07, 6.45) is 3.73. The fraction of sp³-hybridized carbons (Fsp3) is 1.00. The minimum atomic E-state index is 0.371. The lowest BCUT2D eigenvalue weighted by Crippen LogP contribution is -2.46. The second-order valence-corrected chi connectivity index (χ2v) is 6.53. The molecule has 1 fully saturated rings. The van der Waals surface area contributed by atoms with Crippen molar-refractivity contribution in [1.29, 1.82) is 0 Å². The molecular formula is C15H32N2O. The number of hydrogen-bond donors (Lipinski definition) is 1. The van der Waals surface area contributed by atoms with Crippen molar-refractivity contribution in [2.24, 2.45) is 5.41 Å². The Morgan fingerprint density at radius 3 is 2.67 bits per heavy atom. The molecule has 1 heterocycles. The van der Waals surface area contributed by atoms with E-state index in [0.29, 0.717) is 17.5 Å². The van der Waals surface area contributed by atoms with Crippen LogP contribution in [-0.2, 0) is 4.74 Å². The minimum Gasteiger partial charge on any atom is -0.380 e. The number of nitrogens with one attached hydrogen (secondary N) is 1. The highest BCUT2D eigenvalue weighted by Gasteiger charge is 2.29. The SMILES string of the molecule is CCCC(C)(CNC(C)C)CN(C)C1CCOC1. The van der Waals surface area contributed by atoms with Crippen molar-refractivity contribution in [3.63, 3.8) is 0 Å². The van der Waals surface area contributed by atoms with Crippen LogP contribution < -0.4 is 5.32 Å². The zero-order valence-corrected chi connectivity index (χ0v) is 13.0. The van der Waals surface area contributed by atoms with E-state index in [1.54, 1.807) is 0 Å². The molecular weight excluding hydrogens is 224 g/mol. The number of nitrogens with zero attached hydrogens (tertiary/aromatic N) is 1. The average Bonchev–Trinajstić information content (AvgIpc) is 2.80. The van der Waals surface area contributed by atoms with Gasteiger partial charge in [0.15, 0.2) is 0 Å². The van der Waals surface area contributed by atoms with Gasteiger partial charge >= 0.3 is 0 Å². The summed E-state index contributed by atoms with van der Waals surface area (Å²) < 4.78 is 5.49. The monoisotopic (exact) mass is 256 g/mol. The molecule has 1 saturated heterocycles. The summed E-state index contributed by atoms with van der Waals surface area (Å²) in [4.78, 5) is 2.50. The first-order valence-electron chi connectivity index (χ1n) is 7.48. The van der Waals surface area contributed by atoms with E-state index in [2.05, 4.69) is 45.0 Å². The lowest BCUT2D eigenvalue weighted by Gasteiger charge is -2.37. The summed E-state index contributed by atoms with van der Waals surface area (Å²) in [5.41, 5.74) is 0.371. The maximum atomic E-state index is 5.49. The number of rotatable bonds is 8. The first kappa shape index (κ1) is 15.9. The largest absolute Gasteiger partial charge is 0.380 e. The normalized spacial score (nSPS) is 23.8. The van der Waals surface area contributed by atoms with Crippen LogP contribution in [0.2, 0.25) is 0 Å². The van der Waals surface area contributed by atoms with Crippen LogP contribution in [0, 0.1) is 5.41 Å². The second-order valence-electron chi connectivity index (χ2n) is 6.53. The van der Waals surface area contributed by atoms with Crippen molar-refractivity contribution < 1.29 is 4.74 Å². The lowest BCUT2D eigenvalue weighted by atomic mass is 9.84. The summed E-state index contributed by atoms with van der Waals surface area (Å²) in [6, 6.07) is 1.20. The average molecular weight is 256 g/mol. The molecule has 1 N–H and O–H groups in total. The van der Waals surface area contributed by atoms with E-state index < -0.39 is 0 Å². The topological polar surface area (TPSA) is 24.5 Å². The van der Waals surface area contributed by atoms with Crippen molar-refractivity contribution in [3.8, 4) is 0 Å². The minimum absolute atomic E-state index is 0.371. The molecule has 1 aliphatic heterocycles. The molecule has 0 aromatic heterocycles.